The van der Waals surface area contributed by atoms with Gasteiger partial charge in [0.2, 0.25) is 5.91 Å². The number of aryl methyl sites for hydroxylation is 2. The number of carbonyl (C=O) groups excluding carboxylic acids is 2. The van der Waals surface area contributed by atoms with Crippen LogP contribution in [-0.2, 0) is 4.79 Å². The number of anilines is 1. The number of rotatable bonds is 6. The van der Waals surface area contributed by atoms with Crippen LogP contribution in [0.3, 0.4) is 0 Å². The quantitative estimate of drug-likeness (QED) is 0.855. The lowest BCUT2D eigenvalue weighted by atomic mass is 10.1. The van der Waals surface area contributed by atoms with Crippen molar-refractivity contribution in [2.24, 2.45) is 5.73 Å². The number of hydrogen-bond acceptors (Lipinski definition) is 3. The second-order valence-electron chi connectivity index (χ2n) is 5.71. The Bertz CT molecular complexity index is 739. The molecule has 0 heterocycles. The predicted octanol–water partition coefficient (Wildman–Crippen LogP) is 3.20. The van der Waals surface area contributed by atoms with E-state index < -0.39 is 12.0 Å². The first-order valence-electron chi connectivity index (χ1n) is 7.85. The summed E-state index contributed by atoms with van der Waals surface area (Å²) in [7, 11) is 0. The van der Waals surface area contributed by atoms with E-state index in [0.717, 1.165) is 11.1 Å². The summed E-state index contributed by atoms with van der Waals surface area (Å²) in [6.45, 7) is 5.82. The molecular weight excluding hydrogens is 304 g/mol. The summed E-state index contributed by atoms with van der Waals surface area (Å²) in [4.78, 5) is 23.5. The molecule has 5 nitrogen and oxygen atoms in total. The average Bonchev–Trinajstić information content (AvgIpc) is 2.56. The zero-order valence-electron chi connectivity index (χ0n) is 14.1. The molecule has 3 N–H and O–H groups in total. The molecule has 0 radical (unpaired) electrons. The largest absolute Gasteiger partial charge is 0.480 e. The number of hydrogen-bond donors (Lipinski definition) is 2. The Hall–Kier alpha value is -2.82. The van der Waals surface area contributed by atoms with Gasteiger partial charge in [0.15, 0.2) is 6.10 Å². The predicted molar refractivity (Wildman–Crippen MR) is 94.2 cm³/mol. The molecular formula is C19H22N2O3. The van der Waals surface area contributed by atoms with Crippen LogP contribution in [0.4, 0.5) is 5.69 Å². The monoisotopic (exact) mass is 326 g/mol. The molecule has 0 aliphatic heterocycles. The molecule has 2 rings (SSSR count). The molecule has 0 saturated carbocycles. The van der Waals surface area contributed by atoms with Crippen molar-refractivity contribution in [3.63, 3.8) is 0 Å². The first kappa shape index (κ1) is 17.5. The van der Waals surface area contributed by atoms with E-state index in [1.165, 1.54) is 0 Å². The molecule has 24 heavy (non-hydrogen) atoms. The maximum Gasteiger partial charge on any atom is 0.265 e. The van der Waals surface area contributed by atoms with Crippen molar-refractivity contribution in [1.29, 1.82) is 0 Å². The first-order chi connectivity index (χ1) is 11.4. The zero-order valence-corrected chi connectivity index (χ0v) is 14.1. The Kier molecular flexibility index (Phi) is 5.58. The number of primary amides is 1. The lowest BCUT2D eigenvalue weighted by molar-refractivity contribution is -0.122. The fourth-order valence-corrected chi connectivity index (χ4v) is 2.25. The molecule has 0 aliphatic carbocycles. The molecule has 2 aromatic rings. The van der Waals surface area contributed by atoms with Crippen LogP contribution in [0, 0.1) is 13.8 Å². The third kappa shape index (κ3) is 4.35. The van der Waals surface area contributed by atoms with Gasteiger partial charge in [0.1, 0.15) is 5.75 Å². The van der Waals surface area contributed by atoms with Crippen molar-refractivity contribution >= 4 is 17.5 Å². The van der Waals surface area contributed by atoms with Gasteiger partial charge in [-0.1, -0.05) is 19.1 Å². The second-order valence-corrected chi connectivity index (χ2v) is 5.71. The minimum absolute atomic E-state index is 0.231. The maximum absolute atomic E-state index is 12.4. The number of ether oxygens (including phenoxy) is 1. The van der Waals surface area contributed by atoms with Gasteiger partial charge in [0, 0.05) is 11.3 Å². The Labute approximate surface area is 141 Å². The summed E-state index contributed by atoms with van der Waals surface area (Å²) >= 11 is 0. The highest BCUT2D eigenvalue weighted by Crippen LogP contribution is 2.22. The highest BCUT2D eigenvalue weighted by Gasteiger charge is 2.19. The standard InChI is InChI=1S/C19H22N2O3/c1-4-16(24-17-11-12(2)5-6-13(17)3)19(23)21-15-9-7-14(8-10-15)18(20)22/h5-11,16H,4H2,1-3H3,(H2,20,22)(H,21,23)/t16-/m1/s1. The maximum atomic E-state index is 12.4. The average molecular weight is 326 g/mol. The minimum Gasteiger partial charge on any atom is -0.480 e. The van der Waals surface area contributed by atoms with Gasteiger partial charge in [0.25, 0.3) is 5.91 Å². The number of carbonyl (C=O) groups is 2. The van der Waals surface area contributed by atoms with Crippen molar-refractivity contribution in [3.05, 3.63) is 59.2 Å². The molecule has 1 atom stereocenters. The number of benzene rings is 2. The van der Waals surface area contributed by atoms with Crippen molar-refractivity contribution in [2.75, 3.05) is 5.32 Å². The van der Waals surface area contributed by atoms with Crippen LogP contribution in [0.25, 0.3) is 0 Å². The number of nitrogens with two attached hydrogens (primary N) is 1. The van der Waals surface area contributed by atoms with Gasteiger partial charge >= 0.3 is 0 Å². The topological polar surface area (TPSA) is 81.4 Å². The van der Waals surface area contributed by atoms with E-state index >= 15 is 0 Å². The summed E-state index contributed by atoms with van der Waals surface area (Å²) < 4.78 is 5.89. The van der Waals surface area contributed by atoms with Crippen LogP contribution in [0.5, 0.6) is 5.75 Å². The first-order valence-corrected chi connectivity index (χ1v) is 7.85. The molecule has 0 unspecified atom stereocenters. The van der Waals surface area contributed by atoms with E-state index in [0.29, 0.717) is 23.4 Å². The number of nitrogens with one attached hydrogen (secondary N) is 1. The van der Waals surface area contributed by atoms with Gasteiger partial charge in [0.05, 0.1) is 0 Å². The van der Waals surface area contributed by atoms with Crippen LogP contribution < -0.4 is 15.8 Å². The Morgan fingerprint density at radius 1 is 1.12 bits per heavy atom. The molecule has 0 spiro atoms. The summed E-state index contributed by atoms with van der Waals surface area (Å²) in [5, 5.41) is 2.80. The fourth-order valence-electron chi connectivity index (χ4n) is 2.25. The van der Waals surface area contributed by atoms with Crippen molar-refractivity contribution < 1.29 is 14.3 Å². The van der Waals surface area contributed by atoms with E-state index in [-0.39, 0.29) is 5.91 Å². The smallest absolute Gasteiger partial charge is 0.265 e. The minimum atomic E-state index is -0.596. The van der Waals surface area contributed by atoms with Crippen LogP contribution in [0.1, 0.15) is 34.8 Å². The Morgan fingerprint density at radius 3 is 2.38 bits per heavy atom. The van der Waals surface area contributed by atoms with E-state index in [1.54, 1.807) is 24.3 Å². The molecule has 0 saturated heterocycles. The van der Waals surface area contributed by atoms with E-state index in [1.807, 2.05) is 39.0 Å². The van der Waals surface area contributed by atoms with Crippen LogP contribution in [0.15, 0.2) is 42.5 Å². The second kappa shape index (κ2) is 7.64. The third-order valence-electron chi connectivity index (χ3n) is 3.71. The molecule has 0 fully saturated rings. The van der Waals surface area contributed by atoms with Gasteiger partial charge in [-0.25, -0.2) is 0 Å². The van der Waals surface area contributed by atoms with Gasteiger partial charge in [-0.05, 0) is 61.7 Å². The molecule has 2 amide bonds. The Balaban J connectivity index is 2.08. The van der Waals surface area contributed by atoms with E-state index in [9.17, 15) is 9.59 Å². The highest BCUT2D eigenvalue weighted by atomic mass is 16.5. The summed E-state index contributed by atoms with van der Waals surface area (Å²) in [5.74, 6) is -0.0242. The molecule has 0 aromatic heterocycles. The highest BCUT2D eigenvalue weighted by molar-refractivity contribution is 5.96. The number of amides is 2. The van der Waals surface area contributed by atoms with Crippen molar-refractivity contribution in [2.45, 2.75) is 33.3 Å². The van der Waals surface area contributed by atoms with Crippen LogP contribution in [-0.4, -0.2) is 17.9 Å². The van der Waals surface area contributed by atoms with Gasteiger partial charge in [-0.15, -0.1) is 0 Å². The van der Waals surface area contributed by atoms with Crippen LogP contribution in [0.2, 0.25) is 0 Å². The molecule has 0 aliphatic rings. The lowest BCUT2D eigenvalue weighted by Gasteiger charge is -2.19. The molecule has 5 heteroatoms. The van der Waals surface area contributed by atoms with Gasteiger partial charge in [-0.2, -0.15) is 0 Å². The Morgan fingerprint density at radius 2 is 1.79 bits per heavy atom. The molecule has 0 bridgehead atoms. The SMILES string of the molecule is CC[C@@H](Oc1cc(C)ccc1C)C(=O)Nc1ccc(C(N)=O)cc1. The normalized spacial score (nSPS) is 11.6. The molecule has 126 valence electrons. The fraction of sp³-hybridized carbons (Fsp3) is 0.263. The van der Waals surface area contributed by atoms with Crippen molar-refractivity contribution in [3.8, 4) is 5.75 Å². The lowest BCUT2D eigenvalue weighted by Crippen LogP contribution is -2.32. The molecule has 2 aromatic carbocycles. The zero-order chi connectivity index (χ0) is 17.7. The summed E-state index contributed by atoms with van der Waals surface area (Å²) in [6, 6.07) is 12.3. The van der Waals surface area contributed by atoms with Crippen LogP contribution >= 0.6 is 0 Å². The van der Waals surface area contributed by atoms with Crippen molar-refractivity contribution in [1.82, 2.24) is 0 Å². The van der Waals surface area contributed by atoms with E-state index in [2.05, 4.69) is 5.32 Å². The third-order valence-corrected chi connectivity index (χ3v) is 3.71. The van der Waals surface area contributed by atoms with Gasteiger partial charge in [-0.3, -0.25) is 9.59 Å². The summed E-state index contributed by atoms with van der Waals surface area (Å²) in [6.07, 6.45) is -0.0557. The van der Waals surface area contributed by atoms with Gasteiger partial charge < -0.3 is 15.8 Å². The summed E-state index contributed by atoms with van der Waals surface area (Å²) in [5.41, 5.74) is 8.25. The van der Waals surface area contributed by atoms with E-state index in [4.69, 9.17) is 10.5 Å².